The molecular formula is C15H18FN3O. The summed E-state index contributed by atoms with van der Waals surface area (Å²) >= 11 is 0. The molecule has 0 aliphatic carbocycles. The van der Waals surface area contributed by atoms with E-state index in [2.05, 4.69) is 4.98 Å². The van der Waals surface area contributed by atoms with E-state index in [0.29, 0.717) is 18.1 Å². The Hall–Kier alpha value is -1.72. The highest BCUT2D eigenvalue weighted by atomic mass is 19.1. The minimum Gasteiger partial charge on any atom is -0.381 e. The average Bonchev–Trinajstić information content (AvgIpc) is 3.11. The fourth-order valence-electron chi connectivity index (χ4n) is 2.62. The molecule has 1 aromatic heterocycles. The van der Waals surface area contributed by atoms with Crippen molar-refractivity contribution in [2.75, 3.05) is 13.2 Å². The maximum absolute atomic E-state index is 13.4. The van der Waals surface area contributed by atoms with Crippen LogP contribution < -0.4 is 5.73 Å². The van der Waals surface area contributed by atoms with Crippen molar-refractivity contribution in [3.63, 3.8) is 0 Å². The van der Waals surface area contributed by atoms with Crippen LogP contribution in [0.5, 0.6) is 0 Å². The van der Waals surface area contributed by atoms with Crippen LogP contribution in [0.4, 0.5) is 4.39 Å². The maximum Gasteiger partial charge on any atom is 0.126 e. The number of rotatable bonds is 3. The zero-order valence-corrected chi connectivity index (χ0v) is 11.4. The van der Waals surface area contributed by atoms with Crippen LogP contribution in [-0.4, -0.2) is 22.8 Å². The zero-order valence-electron chi connectivity index (χ0n) is 11.4. The van der Waals surface area contributed by atoms with E-state index in [1.165, 1.54) is 6.07 Å². The third-order valence-corrected chi connectivity index (χ3v) is 3.90. The highest BCUT2D eigenvalue weighted by Gasteiger charge is 2.26. The van der Waals surface area contributed by atoms with E-state index < -0.39 is 0 Å². The van der Waals surface area contributed by atoms with E-state index in [9.17, 15) is 4.39 Å². The van der Waals surface area contributed by atoms with Gasteiger partial charge in [0.2, 0.25) is 0 Å². The zero-order chi connectivity index (χ0) is 14.1. The number of aromatic nitrogens is 2. The molecule has 1 aliphatic rings. The number of nitrogens with two attached hydrogens (primary N) is 1. The Kier molecular flexibility index (Phi) is 3.54. The summed E-state index contributed by atoms with van der Waals surface area (Å²) in [7, 11) is 0. The Morgan fingerprint density at radius 3 is 3.05 bits per heavy atom. The van der Waals surface area contributed by atoms with Gasteiger partial charge in [0.15, 0.2) is 0 Å². The molecule has 1 saturated heterocycles. The first-order valence-electron chi connectivity index (χ1n) is 6.79. The SMILES string of the molecule is Cc1cc(-n2cncc2C(N)C2CCOC2)ccc1F. The topological polar surface area (TPSA) is 53.1 Å². The minimum absolute atomic E-state index is 0.120. The third-order valence-electron chi connectivity index (χ3n) is 3.90. The monoisotopic (exact) mass is 275 g/mol. The Balaban J connectivity index is 1.94. The molecule has 106 valence electrons. The molecular weight excluding hydrogens is 257 g/mol. The van der Waals surface area contributed by atoms with Crippen molar-refractivity contribution >= 4 is 0 Å². The van der Waals surface area contributed by atoms with E-state index in [1.54, 1.807) is 31.6 Å². The van der Waals surface area contributed by atoms with Crippen LogP contribution in [-0.2, 0) is 4.74 Å². The van der Waals surface area contributed by atoms with Gasteiger partial charge in [0.25, 0.3) is 0 Å². The van der Waals surface area contributed by atoms with Crippen molar-refractivity contribution in [3.8, 4) is 5.69 Å². The molecule has 2 unspecified atom stereocenters. The van der Waals surface area contributed by atoms with Gasteiger partial charge in [0.05, 0.1) is 30.9 Å². The quantitative estimate of drug-likeness (QED) is 0.935. The number of ether oxygens (including phenoxy) is 1. The number of halogens is 1. The van der Waals surface area contributed by atoms with Gasteiger partial charge in [0.1, 0.15) is 5.82 Å². The van der Waals surface area contributed by atoms with Gasteiger partial charge in [-0.05, 0) is 37.1 Å². The molecule has 1 fully saturated rings. The normalized spacial score (nSPS) is 20.2. The Morgan fingerprint density at radius 2 is 2.35 bits per heavy atom. The Bertz CT molecular complexity index is 605. The second kappa shape index (κ2) is 5.34. The van der Waals surface area contributed by atoms with Crippen molar-refractivity contribution < 1.29 is 9.13 Å². The van der Waals surface area contributed by atoms with Crippen LogP contribution in [0.25, 0.3) is 5.69 Å². The minimum atomic E-state index is -0.205. The summed E-state index contributed by atoms with van der Waals surface area (Å²) in [5.41, 5.74) is 8.76. The van der Waals surface area contributed by atoms with E-state index in [-0.39, 0.29) is 11.9 Å². The molecule has 2 atom stereocenters. The third kappa shape index (κ3) is 2.34. The smallest absolute Gasteiger partial charge is 0.126 e. The molecule has 2 N–H and O–H groups in total. The number of hydrogen-bond acceptors (Lipinski definition) is 3. The second-order valence-corrected chi connectivity index (χ2v) is 5.27. The molecule has 3 rings (SSSR count). The summed E-state index contributed by atoms with van der Waals surface area (Å²) < 4.78 is 20.7. The van der Waals surface area contributed by atoms with Crippen LogP contribution in [0.1, 0.15) is 23.7 Å². The number of imidazole rings is 1. The number of hydrogen-bond donors (Lipinski definition) is 1. The summed E-state index contributed by atoms with van der Waals surface area (Å²) in [5.74, 6) is 0.107. The molecule has 2 heterocycles. The molecule has 0 amide bonds. The average molecular weight is 275 g/mol. The summed E-state index contributed by atoms with van der Waals surface area (Å²) in [4.78, 5) is 4.19. The van der Waals surface area contributed by atoms with Crippen LogP contribution in [0.3, 0.4) is 0 Å². The largest absolute Gasteiger partial charge is 0.381 e. The van der Waals surface area contributed by atoms with Crippen molar-refractivity contribution in [1.29, 1.82) is 0 Å². The van der Waals surface area contributed by atoms with Gasteiger partial charge < -0.3 is 15.0 Å². The molecule has 0 bridgehead atoms. The Morgan fingerprint density at radius 1 is 1.50 bits per heavy atom. The van der Waals surface area contributed by atoms with Crippen molar-refractivity contribution in [2.24, 2.45) is 11.7 Å². The van der Waals surface area contributed by atoms with Gasteiger partial charge in [-0.2, -0.15) is 0 Å². The standard InChI is InChI=1S/C15H18FN3O/c1-10-6-12(2-3-13(10)16)19-9-18-7-14(19)15(17)11-4-5-20-8-11/h2-3,6-7,9,11,15H,4-5,8,17H2,1H3. The predicted octanol–water partition coefficient (Wildman–Crippen LogP) is 2.36. The first-order valence-corrected chi connectivity index (χ1v) is 6.79. The summed E-state index contributed by atoms with van der Waals surface area (Å²) in [6.07, 6.45) is 4.47. The lowest BCUT2D eigenvalue weighted by atomic mass is 9.97. The van der Waals surface area contributed by atoms with Gasteiger partial charge in [-0.25, -0.2) is 9.37 Å². The fraction of sp³-hybridized carbons (Fsp3) is 0.400. The van der Waals surface area contributed by atoms with Crippen LogP contribution in [0.2, 0.25) is 0 Å². The van der Waals surface area contributed by atoms with Gasteiger partial charge in [0, 0.05) is 18.2 Å². The molecule has 5 heteroatoms. The summed E-state index contributed by atoms with van der Waals surface area (Å²) in [5, 5.41) is 0. The molecule has 1 aliphatic heterocycles. The van der Waals surface area contributed by atoms with E-state index >= 15 is 0 Å². The van der Waals surface area contributed by atoms with E-state index in [0.717, 1.165) is 24.4 Å². The summed E-state index contributed by atoms with van der Waals surface area (Å²) in [6.45, 7) is 3.21. The molecule has 0 saturated carbocycles. The van der Waals surface area contributed by atoms with Gasteiger partial charge >= 0.3 is 0 Å². The van der Waals surface area contributed by atoms with Crippen molar-refractivity contribution in [3.05, 3.63) is 47.8 Å². The Labute approximate surface area is 117 Å². The highest BCUT2D eigenvalue weighted by Crippen LogP contribution is 2.28. The molecule has 4 nitrogen and oxygen atoms in total. The molecule has 20 heavy (non-hydrogen) atoms. The maximum atomic E-state index is 13.4. The lowest BCUT2D eigenvalue weighted by Gasteiger charge is -2.19. The van der Waals surface area contributed by atoms with Gasteiger partial charge in [-0.15, -0.1) is 0 Å². The molecule has 0 spiro atoms. The molecule has 0 radical (unpaired) electrons. The van der Waals surface area contributed by atoms with E-state index in [1.807, 2.05) is 4.57 Å². The molecule has 2 aromatic rings. The van der Waals surface area contributed by atoms with Crippen molar-refractivity contribution in [2.45, 2.75) is 19.4 Å². The second-order valence-electron chi connectivity index (χ2n) is 5.27. The van der Waals surface area contributed by atoms with E-state index in [4.69, 9.17) is 10.5 Å². The lowest BCUT2D eigenvalue weighted by Crippen LogP contribution is -2.24. The van der Waals surface area contributed by atoms with Gasteiger partial charge in [-0.3, -0.25) is 0 Å². The van der Waals surface area contributed by atoms with Crippen LogP contribution in [0.15, 0.2) is 30.7 Å². The highest BCUT2D eigenvalue weighted by molar-refractivity contribution is 5.38. The number of benzene rings is 1. The fourth-order valence-corrected chi connectivity index (χ4v) is 2.62. The van der Waals surface area contributed by atoms with Crippen LogP contribution in [0, 0.1) is 18.7 Å². The van der Waals surface area contributed by atoms with Gasteiger partial charge in [-0.1, -0.05) is 0 Å². The van der Waals surface area contributed by atoms with Crippen LogP contribution >= 0.6 is 0 Å². The number of nitrogens with zero attached hydrogens (tertiary/aromatic N) is 2. The first kappa shape index (κ1) is 13.3. The first-order chi connectivity index (χ1) is 9.66. The molecule has 1 aromatic carbocycles. The predicted molar refractivity (Wildman–Crippen MR) is 74.1 cm³/mol. The number of aryl methyl sites for hydroxylation is 1. The lowest BCUT2D eigenvalue weighted by molar-refractivity contribution is 0.180. The summed E-state index contributed by atoms with van der Waals surface area (Å²) in [6, 6.07) is 4.90. The van der Waals surface area contributed by atoms with Crippen molar-refractivity contribution in [1.82, 2.24) is 9.55 Å².